The summed E-state index contributed by atoms with van der Waals surface area (Å²) in [5, 5.41) is 2.57. The summed E-state index contributed by atoms with van der Waals surface area (Å²) in [5.74, 6) is -0.662. The maximum absolute atomic E-state index is 12.5. The van der Waals surface area contributed by atoms with Crippen LogP contribution in [0.3, 0.4) is 0 Å². The number of hydrogen-bond acceptors (Lipinski definition) is 7. The zero-order valence-electron chi connectivity index (χ0n) is 32.5. The summed E-state index contributed by atoms with van der Waals surface area (Å²) in [6.07, 6.45) is 39.6. The van der Waals surface area contributed by atoms with Gasteiger partial charge in [-0.15, -0.1) is 0 Å². The van der Waals surface area contributed by atoms with Gasteiger partial charge >= 0.3 is 18.0 Å². The topological polar surface area (TPSA) is 117 Å². The van der Waals surface area contributed by atoms with Crippen LogP contribution in [0, 0.1) is 0 Å². The highest BCUT2D eigenvalue weighted by Gasteiger charge is 2.18. The third kappa shape index (κ3) is 36.9. The van der Waals surface area contributed by atoms with Crippen LogP contribution in [0.25, 0.3) is 0 Å². The number of hydrogen-bond donors (Lipinski definition) is 2. The molecule has 0 spiro atoms. The summed E-state index contributed by atoms with van der Waals surface area (Å²) in [6, 6.07) is 0. The number of amides is 1. The van der Waals surface area contributed by atoms with Gasteiger partial charge in [0, 0.05) is 19.4 Å². The van der Waals surface area contributed by atoms with Gasteiger partial charge in [-0.25, -0.2) is 4.79 Å². The number of alkyl carbamates (subject to hydrolysis) is 1. The number of rotatable bonds is 37. The Labute approximate surface area is 307 Å². The molecule has 1 atom stereocenters. The molecule has 0 aliphatic heterocycles. The van der Waals surface area contributed by atoms with Crippen LogP contribution >= 0.6 is 0 Å². The molecular weight excluding hydrogens is 628 g/mol. The Morgan fingerprint density at radius 2 is 0.940 bits per heavy atom. The molecule has 1 unspecified atom stereocenters. The van der Waals surface area contributed by atoms with Crippen molar-refractivity contribution in [3.05, 3.63) is 24.3 Å². The van der Waals surface area contributed by atoms with Crippen LogP contribution in [0.15, 0.2) is 24.3 Å². The highest BCUT2D eigenvalue weighted by Crippen LogP contribution is 2.13. The Balaban J connectivity index is 4.09. The molecule has 0 radical (unpaired) electrons. The smallest absolute Gasteiger partial charge is 0.407 e. The first-order valence-corrected chi connectivity index (χ1v) is 20.8. The monoisotopic (exact) mass is 707 g/mol. The lowest BCUT2D eigenvalue weighted by molar-refractivity contribution is -0.158. The van der Waals surface area contributed by atoms with Crippen molar-refractivity contribution in [1.82, 2.24) is 5.32 Å². The van der Waals surface area contributed by atoms with Crippen LogP contribution in [0.5, 0.6) is 0 Å². The second kappa shape index (κ2) is 39.4. The van der Waals surface area contributed by atoms with Gasteiger partial charge < -0.3 is 25.3 Å². The molecule has 0 rings (SSSR count). The highest BCUT2D eigenvalue weighted by molar-refractivity contribution is 5.70. The Morgan fingerprint density at radius 3 is 1.38 bits per heavy atom. The quantitative estimate of drug-likeness (QED) is 0.0286. The number of nitrogens with one attached hydrogen (secondary N) is 1. The first-order valence-electron chi connectivity index (χ1n) is 20.8. The van der Waals surface area contributed by atoms with Crippen molar-refractivity contribution in [1.29, 1.82) is 0 Å². The fraction of sp³-hybridized carbons (Fsp3) is 0.833. The second-order valence-electron chi connectivity index (χ2n) is 13.8. The van der Waals surface area contributed by atoms with Crippen LogP contribution in [-0.2, 0) is 23.8 Å². The van der Waals surface area contributed by atoms with Gasteiger partial charge in [-0.3, -0.25) is 9.59 Å². The maximum atomic E-state index is 12.5. The van der Waals surface area contributed by atoms with Crippen LogP contribution in [0.2, 0.25) is 0 Å². The van der Waals surface area contributed by atoms with Gasteiger partial charge in [0.05, 0.1) is 6.54 Å². The number of unbranched alkanes of at least 4 members (excludes halogenated alkanes) is 22. The molecule has 3 N–H and O–H groups in total. The lowest BCUT2D eigenvalue weighted by atomic mass is 10.1. The molecule has 50 heavy (non-hydrogen) atoms. The minimum absolute atomic E-state index is 0.00219. The fourth-order valence-corrected chi connectivity index (χ4v) is 5.72. The third-order valence-electron chi connectivity index (χ3n) is 8.84. The van der Waals surface area contributed by atoms with E-state index in [0.29, 0.717) is 12.8 Å². The minimum Gasteiger partial charge on any atom is -0.462 e. The van der Waals surface area contributed by atoms with E-state index < -0.39 is 12.2 Å². The summed E-state index contributed by atoms with van der Waals surface area (Å²) in [5.41, 5.74) is 5.39. The van der Waals surface area contributed by atoms with Crippen LogP contribution < -0.4 is 11.1 Å². The van der Waals surface area contributed by atoms with Crippen molar-refractivity contribution in [3.8, 4) is 0 Å². The van der Waals surface area contributed by atoms with E-state index in [-0.39, 0.29) is 38.2 Å². The van der Waals surface area contributed by atoms with E-state index in [1.807, 2.05) is 0 Å². The SMILES string of the molecule is CCCCCCCC/C=C\CCCCCCCC(=O)OCC(CNC(=O)OCCN)OC(=O)CCCCCCC/C=C\CCCCCCCC. The minimum atomic E-state index is -0.769. The maximum Gasteiger partial charge on any atom is 0.407 e. The summed E-state index contributed by atoms with van der Waals surface area (Å²) < 4.78 is 15.9. The van der Waals surface area contributed by atoms with Crippen molar-refractivity contribution in [2.24, 2.45) is 5.73 Å². The van der Waals surface area contributed by atoms with Crippen molar-refractivity contribution < 1.29 is 28.6 Å². The lowest BCUT2D eigenvalue weighted by Crippen LogP contribution is -2.38. The first kappa shape index (κ1) is 47.7. The standard InChI is InChI=1S/C42H78N2O6/c1-3-5-7-9-11-13-15-17-19-21-23-25-27-29-31-33-40(45)49-38-39(37-44-42(47)48-36-35-43)50-41(46)34-32-30-28-26-24-22-20-18-16-14-12-10-8-6-4-2/h17-20,39H,3-16,21-38,43H2,1-2H3,(H,44,47)/b19-17-,20-18-. The van der Waals surface area contributed by atoms with E-state index in [4.69, 9.17) is 19.9 Å². The van der Waals surface area contributed by atoms with Crippen molar-refractivity contribution >= 4 is 18.0 Å². The molecule has 0 saturated carbocycles. The van der Waals surface area contributed by atoms with E-state index in [0.717, 1.165) is 64.2 Å². The van der Waals surface area contributed by atoms with E-state index in [9.17, 15) is 14.4 Å². The molecule has 0 bridgehead atoms. The first-order chi connectivity index (χ1) is 24.5. The molecular formula is C42H78N2O6. The van der Waals surface area contributed by atoms with E-state index >= 15 is 0 Å². The van der Waals surface area contributed by atoms with Crippen molar-refractivity contribution in [3.63, 3.8) is 0 Å². The zero-order valence-corrected chi connectivity index (χ0v) is 32.5. The van der Waals surface area contributed by atoms with Gasteiger partial charge in [0.25, 0.3) is 0 Å². The van der Waals surface area contributed by atoms with Gasteiger partial charge in [0.15, 0.2) is 6.10 Å². The normalized spacial score (nSPS) is 12.1. The number of carbonyl (C=O) groups excluding carboxylic acids is 3. The molecule has 292 valence electrons. The Hall–Kier alpha value is -2.35. The van der Waals surface area contributed by atoms with Crippen LogP contribution in [-0.4, -0.2) is 50.4 Å². The summed E-state index contributed by atoms with van der Waals surface area (Å²) in [6.45, 7) is 4.72. The van der Waals surface area contributed by atoms with Crippen molar-refractivity contribution in [2.45, 2.75) is 200 Å². The number of esters is 2. The summed E-state index contributed by atoms with van der Waals surface area (Å²) in [4.78, 5) is 36.8. The van der Waals surface area contributed by atoms with Crippen LogP contribution in [0.1, 0.15) is 194 Å². The summed E-state index contributed by atoms with van der Waals surface area (Å²) >= 11 is 0. The predicted molar refractivity (Wildman–Crippen MR) is 208 cm³/mol. The van der Waals surface area contributed by atoms with Crippen molar-refractivity contribution in [2.75, 3.05) is 26.3 Å². The molecule has 0 aromatic heterocycles. The molecule has 0 aromatic carbocycles. The molecule has 0 fully saturated rings. The second-order valence-corrected chi connectivity index (χ2v) is 13.8. The third-order valence-corrected chi connectivity index (χ3v) is 8.84. The number of nitrogens with two attached hydrogens (primary N) is 1. The molecule has 1 amide bonds. The van der Waals surface area contributed by atoms with Gasteiger partial charge in [0.2, 0.25) is 0 Å². The van der Waals surface area contributed by atoms with Gasteiger partial charge in [-0.1, -0.05) is 141 Å². The van der Waals surface area contributed by atoms with E-state index in [1.54, 1.807) is 0 Å². The van der Waals surface area contributed by atoms with Crippen LogP contribution in [0.4, 0.5) is 4.79 Å². The molecule has 8 nitrogen and oxygen atoms in total. The number of ether oxygens (including phenoxy) is 3. The number of allylic oxidation sites excluding steroid dienone is 4. The molecule has 0 aromatic rings. The highest BCUT2D eigenvalue weighted by atomic mass is 16.6. The average molecular weight is 707 g/mol. The van der Waals surface area contributed by atoms with E-state index in [1.165, 1.54) is 103 Å². The molecule has 0 aliphatic rings. The fourth-order valence-electron chi connectivity index (χ4n) is 5.72. The van der Waals surface area contributed by atoms with Gasteiger partial charge in [-0.05, 0) is 64.2 Å². The molecule has 8 heteroatoms. The largest absolute Gasteiger partial charge is 0.462 e. The zero-order chi connectivity index (χ0) is 36.6. The molecule has 0 heterocycles. The molecule has 0 aliphatic carbocycles. The molecule has 0 saturated heterocycles. The van der Waals surface area contributed by atoms with E-state index in [2.05, 4.69) is 43.5 Å². The summed E-state index contributed by atoms with van der Waals surface area (Å²) in [7, 11) is 0. The Bertz CT molecular complexity index is 831. The van der Waals surface area contributed by atoms with Gasteiger partial charge in [0.1, 0.15) is 13.2 Å². The Kier molecular flexibility index (Phi) is 37.6. The Morgan fingerprint density at radius 1 is 0.540 bits per heavy atom. The average Bonchev–Trinajstić information content (AvgIpc) is 3.11. The predicted octanol–water partition coefficient (Wildman–Crippen LogP) is 11.2. The number of carbonyl (C=O) groups is 3. The van der Waals surface area contributed by atoms with Gasteiger partial charge in [-0.2, -0.15) is 0 Å². The lowest BCUT2D eigenvalue weighted by Gasteiger charge is -2.18.